The number of aromatic carboxylic acids is 1. The SMILES string of the molecule is C#C.C#C.C#C.C=CC.CC(C)(C)OC(=O)NC1(C(=O)N[C@]23CCCC2[C@H]2CCC4[C@@]5(C)CC=C(c6ccc(C(=O)O)cc6)C(C)(C)C5CC[C@@]4(C)[C@]2(C)CC3)CC1. The third kappa shape index (κ3) is 8.37. The number of terminal acetylenes is 3. The first-order valence-corrected chi connectivity index (χ1v) is 21.2. The number of carbonyl (C=O) groups is 3. The van der Waals surface area contributed by atoms with E-state index in [1.165, 1.54) is 37.7 Å². The van der Waals surface area contributed by atoms with Gasteiger partial charge < -0.3 is 20.5 Å². The van der Waals surface area contributed by atoms with Gasteiger partial charge in [0.1, 0.15) is 11.1 Å². The maximum atomic E-state index is 14.0. The van der Waals surface area contributed by atoms with Gasteiger partial charge in [-0.2, -0.15) is 0 Å². The molecule has 0 bridgehead atoms. The molecule has 3 unspecified atom stereocenters. The summed E-state index contributed by atoms with van der Waals surface area (Å²) in [5.41, 5.74) is 1.85. The molecular formula is C51H72N2O5. The van der Waals surface area contributed by atoms with Gasteiger partial charge in [-0.15, -0.1) is 45.1 Å². The average molecular weight is 793 g/mol. The number of carboxylic acids is 1. The second-order valence-electron chi connectivity index (χ2n) is 19.8. The van der Waals surface area contributed by atoms with Crippen LogP contribution in [0.3, 0.4) is 0 Å². The third-order valence-electron chi connectivity index (χ3n) is 15.7. The van der Waals surface area contributed by atoms with Gasteiger partial charge in [-0.3, -0.25) is 4.79 Å². The van der Waals surface area contributed by atoms with E-state index in [-0.39, 0.29) is 33.1 Å². The van der Waals surface area contributed by atoms with Crippen LogP contribution >= 0.6 is 0 Å². The zero-order valence-corrected chi connectivity index (χ0v) is 37.0. The van der Waals surface area contributed by atoms with Gasteiger partial charge in [-0.05, 0) is 167 Å². The molecule has 6 aliphatic rings. The van der Waals surface area contributed by atoms with Crippen molar-refractivity contribution in [2.24, 2.45) is 45.3 Å². The molecule has 5 saturated carbocycles. The first kappa shape index (κ1) is 48.0. The van der Waals surface area contributed by atoms with E-state index in [2.05, 4.69) is 96.4 Å². The van der Waals surface area contributed by atoms with Crippen LogP contribution in [0.2, 0.25) is 0 Å². The molecule has 6 aliphatic carbocycles. The Kier molecular flexibility index (Phi) is 14.7. The fourth-order valence-electron chi connectivity index (χ4n) is 13.1. The van der Waals surface area contributed by atoms with Crippen LogP contribution in [-0.4, -0.2) is 39.8 Å². The Balaban J connectivity index is 0.000000930. The van der Waals surface area contributed by atoms with Crippen molar-refractivity contribution >= 4 is 23.5 Å². The van der Waals surface area contributed by atoms with E-state index in [4.69, 9.17) is 4.74 Å². The number of nitrogens with one attached hydrogen (secondary N) is 2. The Bertz CT molecular complexity index is 1740. The lowest BCUT2D eigenvalue weighted by atomic mass is 9.33. The fourth-order valence-corrected chi connectivity index (χ4v) is 13.1. The van der Waals surface area contributed by atoms with E-state index in [1.54, 1.807) is 18.2 Å². The summed E-state index contributed by atoms with van der Waals surface area (Å²) in [6.45, 7) is 23.5. The van der Waals surface area contributed by atoms with Crippen molar-refractivity contribution in [2.45, 2.75) is 156 Å². The summed E-state index contributed by atoms with van der Waals surface area (Å²) in [6.07, 6.45) is 40.5. The van der Waals surface area contributed by atoms with Crippen molar-refractivity contribution in [1.82, 2.24) is 10.6 Å². The van der Waals surface area contributed by atoms with E-state index >= 15 is 0 Å². The van der Waals surface area contributed by atoms with Gasteiger partial charge in [0.05, 0.1) is 5.56 Å². The summed E-state index contributed by atoms with van der Waals surface area (Å²) >= 11 is 0. The Hall–Kier alpha value is -4.41. The highest BCUT2D eigenvalue weighted by Crippen LogP contribution is 2.76. The Morgan fingerprint density at radius 2 is 1.36 bits per heavy atom. The first-order valence-electron chi connectivity index (χ1n) is 21.2. The highest BCUT2D eigenvalue weighted by Gasteiger charge is 2.70. The molecule has 3 N–H and O–H groups in total. The molecule has 5 fully saturated rings. The number of benzene rings is 1. The van der Waals surface area contributed by atoms with Gasteiger partial charge >= 0.3 is 12.1 Å². The molecule has 0 aliphatic heterocycles. The van der Waals surface area contributed by atoms with Crippen molar-refractivity contribution in [1.29, 1.82) is 0 Å². The molecule has 0 spiro atoms. The number of hydrogen-bond donors (Lipinski definition) is 3. The number of rotatable bonds is 5. The van der Waals surface area contributed by atoms with E-state index < -0.39 is 23.2 Å². The molecular weight excluding hydrogens is 721 g/mol. The predicted octanol–water partition coefficient (Wildman–Crippen LogP) is 11.1. The maximum Gasteiger partial charge on any atom is 0.408 e. The Morgan fingerprint density at radius 3 is 1.90 bits per heavy atom. The summed E-state index contributed by atoms with van der Waals surface area (Å²) in [6, 6.07) is 7.51. The molecule has 58 heavy (non-hydrogen) atoms. The maximum absolute atomic E-state index is 14.0. The normalized spacial score (nSPS) is 34.1. The van der Waals surface area contributed by atoms with Crippen LogP contribution in [0.4, 0.5) is 4.79 Å². The lowest BCUT2D eigenvalue weighted by molar-refractivity contribution is -0.217. The number of carbonyl (C=O) groups excluding carboxylic acids is 2. The third-order valence-corrected chi connectivity index (χ3v) is 15.7. The number of alkyl carbamates (subject to hydrolysis) is 1. The number of fused-ring (bicyclic) bond motifs is 7. The van der Waals surface area contributed by atoms with Crippen LogP contribution in [0.1, 0.15) is 155 Å². The molecule has 0 heterocycles. The topological polar surface area (TPSA) is 105 Å². The number of hydrogen-bond acceptors (Lipinski definition) is 4. The zero-order valence-electron chi connectivity index (χ0n) is 37.0. The van der Waals surface area contributed by atoms with Gasteiger partial charge in [-0.25, -0.2) is 9.59 Å². The average Bonchev–Trinajstić information content (AvgIpc) is 3.83. The van der Waals surface area contributed by atoms with Crippen LogP contribution in [0.15, 0.2) is 43.0 Å². The molecule has 1 aromatic carbocycles. The summed E-state index contributed by atoms with van der Waals surface area (Å²) in [4.78, 5) is 38.2. The summed E-state index contributed by atoms with van der Waals surface area (Å²) < 4.78 is 5.53. The molecule has 7 heteroatoms. The van der Waals surface area contributed by atoms with Crippen molar-refractivity contribution in [3.63, 3.8) is 0 Å². The van der Waals surface area contributed by atoms with Gasteiger partial charge in [0, 0.05) is 5.54 Å². The second kappa shape index (κ2) is 17.8. The van der Waals surface area contributed by atoms with Crippen LogP contribution in [0, 0.1) is 83.9 Å². The lowest BCUT2D eigenvalue weighted by Crippen LogP contribution is -2.68. The van der Waals surface area contributed by atoms with Crippen LogP contribution in [0.5, 0.6) is 0 Å². The molecule has 8 atom stereocenters. The minimum absolute atomic E-state index is 0.00796. The zero-order chi connectivity index (χ0) is 44.1. The largest absolute Gasteiger partial charge is 0.478 e. The lowest BCUT2D eigenvalue weighted by Gasteiger charge is -2.72. The molecule has 316 valence electrons. The molecule has 2 amide bonds. The standard InChI is InChI=1S/C42H60N2O5.C3H6.3C2H2/c1-36(2,3)49-35(48)44-42(24-25-42)34(47)43-41-19-9-10-30(41)29-15-16-32-38(6)20-17-28(26-11-13-27(14-12-26)33(45)46)37(4,5)31(38)18-21-40(32,8)39(29,7)22-23-41;1-3-2;3*1-2/h11-14,17,29-32H,9-10,15-16,18-25H2,1-8H3,(H,43,47)(H,44,48)(H,45,46);3H,1H2,2H3;3*1-2H/t29-,30?,31?,32?,38+,39-,40-,41+;;;;/m1..../s1. The number of amides is 2. The first-order chi connectivity index (χ1) is 27.2. The van der Waals surface area contributed by atoms with E-state index in [0.29, 0.717) is 42.1 Å². The smallest absolute Gasteiger partial charge is 0.408 e. The van der Waals surface area contributed by atoms with Gasteiger partial charge in [-0.1, -0.05) is 65.3 Å². The van der Waals surface area contributed by atoms with E-state index in [0.717, 1.165) is 37.7 Å². The predicted molar refractivity (Wildman–Crippen MR) is 237 cm³/mol. The monoisotopic (exact) mass is 793 g/mol. The number of allylic oxidation sites excluding steroid dienone is 3. The Morgan fingerprint density at radius 1 is 0.776 bits per heavy atom. The molecule has 0 radical (unpaired) electrons. The van der Waals surface area contributed by atoms with E-state index in [9.17, 15) is 19.5 Å². The number of ether oxygens (including phenoxy) is 1. The summed E-state index contributed by atoms with van der Waals surface area (Å²) in [7, 11) is 0. The molecule has 0 aromatic heterocycles. The van der Waals surface area contributed by atoms with Crippen molar-refractivity contribution in [3.8, 4) is 38.5 Å². The number of carboxylic acid groups (broad SMARTS) is 1. The highest BCUT2D eigenvalue weighted by atomic mass is 16.6. The molecule has 7 rings (SSSR count). The second-order valence-corrected chi connectivity index (χ2v) is 19.8. The van der Waals surface area contributed by atoms with Crippen molar-refractivity contribution < 1.29 is 24.2 Å². The molecule has 0 saturated heterocycles. The van der Waals surface area contributed by atoms with Gasteiger partial charge in [0.25, 0.3) is 0 Å². The molecule has 1 aromatic rings. The van der Waals surface area contributed by atoms with Crippen LogP contribution < -0.4 is 10.6 Å². The minimum Gasteiger partial charge on any atom is -0.478 e. The van der Waals surface area contributed by atoms with Crippen LogP contribution in [0.25, 0.3) is 5.57 Å². The fraction of sp³-hybridized carbons (Fsp3) is 0.627. The quantitative estimate of drug-likeness (QED) is 0.203. The van der Waals surface area contributed by atoms with E-state index in [1.807, 2.05) is 39.8 Å². The van der Waals surface area contributed by atoms with Gasteiger partial charge in [0.15, 0.2) is 0 Å². The van der Waals surface area contributed by atoms with Crippen molar-refractivity contribution in [2.75, 3.05) is 0 Å². The minimum atomic E-state index is -0.881. The summed E-state index contributed by atoms with van der Waals surface area (Å²) in [5.74, 6) is 1.34. The highest BCUT2D eigenvalue weighted by molar-refractivity contribution is 5.93. The van der Waals surface area contributed by atoms with Gasteiger partial charge in [0.2, 0.25) is 5.91 Å². The molecule has 7 nitrogen and oxygen atoms in total. The Labute approximate surface area is 351 Å². The summed E-state index contributed by atoms with van der Waals surface area (Å²) in [5, 5.41) is 16.1. The van der Waals surface area contributed by atoms with Crippen molar-refractivity contribution in [3.05, 3.63) is 54.1 Å². The van der Waals surface area contributed by atoms with Crippen LogP contribution in [-0.2, 0) is 9.53 Å².